The Balaban J connectivity index is 1.27. The first-order valence-corrected chi connectivity index (χ1v) is 11.8. The number of hydrogen-bond acceptors (Lipinski definition) is 10. The van der Waals surface area contributed by atoms with Gasteiger partial charge in [-0.25, -0.2) is 14.5 Å². The summed E-state index contributed by atoms with van der Waals surface area (Å²) in [7, 11) is 1.81. The van der Waals surface area contributed by atoms with E-state index in [4.69, 9.17) is 15.2 Å². The Morgan fingerprint density at radius 2 is 1.89 bits per heavy atom. The zero-order valence-electron chi connectivity index (χ0n) is 19.9. The number of nitrogens with one attached hydrogen (secondary N) is 1. The SMILES string of the molecule is CNc1ccc2ccc(OC[C@H]3O[C@@H](c4cc(-c5ccncc5)c5c(N)ncnn45)[C@H](O)[C@@H]3O)cc2n1. The van der Waals surface area contributed by atoms with E-state index in [2.05, 4.69) is 25.4 Å². The van der Waals surface area contributed by atoms with Gasteiger partial charge in [0.1, 0.15) is 54.4 Å². The van der Waals surface area contributed by atoms with E-state index in [-0.39, 0.29) is 12.4 Å². The highest BCUT2D eigenvalue weighted by atomic mass is 16.6. The maximum Gasteiger partial charge on any atom is 0.151 e. The molecule has 5 N–H and O–H groups in total. The molecule has 11 nitrogen and oxygen atoms in total. The Hall–Kier alpha value is -4.32. The Bertz CT molecular complexity index is 1580. The molecule has 0 spiro atoms. The molecule has 0 bridgehead atoms. The van der Waals surface area contributed by atoms with E-state index in [0.29, 0.717) is 17.0 Å². The third kappa shape index (κ3) is 4.08. The molecule has 0 amide bonds. The lowest BCUT2D eigenvalue weighted by molar-refractivity contribution is -0.0187. The molecular formula is C26H25N7O4. The van der Waals surface area contributed by atoms with Gasteiger partial charge in [-0.3, -0.25) is 4.98 Å². The fourth-order valence-corrected chi connectivity index (χ4v) is 4.68. The molecule has 188 valence electrons. The van der Waals surface area contributed by atoms with E-state index in [1.165, 1.54) is 6.33 Å². The number of aromatic nitrogens is 5. The van der Waals surface area contributed by atoms with Gasteiger partial charge in [0.2, 0.25) is 0 Å². The highest BCUT2D eigenvalue weighted by Crippen LogP contribution is 2.39. The lowest BCUT2D eigenvalue weighted by atomic mass is 10.0. The van der Waals surface area contributed by atoms with E-state index >= 15 is 0 Å². The second kappa shape index (κ2) is 9.28. The van der Waals surface area contributed by atoms with Crippen molar-refractivity contribution in [3.05, 3.63) is 72.9 Å². The van der Waals surface area contributed by atoms with Crippen LogP contribution in [0.1, 0.15) is 11.8 Å². The van der Waals surface area contributed by atoms with Gasteiger partial charge in [0.25, 0.3) is 0 Å². The highest BCUT2D eigenvalue weighted by Gasteiger charge is 2.45. The molecule has 37 heavy (non-hydrogen) atoms. The smallest absolute Gasteiger partial charge is 0.151 e. The van der Waals surface area contributed by atoms with Crippen LogP contribution in [0.3, 0.4) is 0 Å². The second-order valence-corrected chi connectivity index (χ2v) is 8.81. The molecule has 0 unspecified atom stereocenters. The summed E-state index contributed by atoms with van der Waals surface area (Å²) in [5.74, 6) is 1.61. The van der Waals surface area contributed by atoms with Gasteiger partial charge in [-0.1, -0.05) is 0 Å². The molecule has 4 atom stereocenters. The quantitative estimate of drug-likeness (QED) is 0.273. The van der Waals surface area contributed by atoms with E-state index in [9.17, 15) is 10.2 Å². The van der Waals surface area contributed by atoms with Crippen molar-refractivity contribution >= 4 is 28.1 Å². The first-order valence-electron chi connectivity index (χ1n) is 11.8. The molecule has 4 aromatic heterocycles. The molecule has 0 aliphatic carbocycles. The monoisotopic (exact) mass is 499 g/mol. The first-order chi connectivity index (χ1) is 18.0. The average molecular weight is 500 g/mol. The van der Waals surface area contributed by atoms with Crippen LogP contribution < -0.4 is 15.8 Å². The predicted molar refractivity (Wildman–Crippen MR) is 137 cm³/mol. The number of fused-ring (bicyclic) bond motifs is 2. The van der Waals surface area contributed by atoms with E-state index in [1.807, 2.05) is 55.6 Å². The molecule has 5 aromatic rings. The summed E-state index contributed by atoms with van der Waals surface area (Å²) in [6.07, 6.45) is 0.682. The molecule has 1 aliphatic rings. The zero-order valence-corrected chi connectivity index (χ0v) is 19.9. The van der Waals surface area contributed by atoms with E-state index < -0.39 is 24.4 Å². The van der Waals surface area contributed by atoms with Crippen LogP contribution in [-0.4, -0.2) is 66.7 Å². The maximum atomic E-state index is 10.9. The van der Waals surface area contributed by atoms with Gasteiger partial charge in [-0.15, -0.1) is 0 Å². The van der Waals surface area contributed by atoms with Crippen molar-refractivity contribution in [2.75, 3.05) is 24.7 Å². The normalized spacial score (nSPS) is 21.5. The highest BCUT2D eigenvalue weighted by molar-refractivity contribution is 5.88. The Morgan fingerprint density at radius 3 is 2.70 bits per heavy atom. The van der Waals surface area contributed by atoms with E-state index in [1.54, 1.807) is 16.9 Å². The number of aliphatic hydroxyl groups is 2. The van der Waals surface area contributed by atoms with Gasteiger partial charge in [-0.2, -0.15) is 5.10 Å². The molecule has 5 heterocycles. The van der Waals surface area contributed by atoms with Gasteiger partial charge < -0.3 is 30.7 Å². The van der Waals surface area contributed by atoms with Gasteiger partial charge in [0.15, 0.2) is 5.82 Å². The van der Waals surface area contributed by atoms with Crippen molar-refractivity contribution in [2.45, 2.75) is 24.4 Å². The fraction of sp³-hybridized carbons (Fsp3) is 0.231. The number of pyridine rings is 2. The van der Waals surface area contributed by atoms with Crippen molar-refractivity contribution in [3.63, 3.8) is 0 Å². The van der Waals surface area contributed by atoms with Crippen LogP contribution in [0.15, 0.2) is 67.3 Å². The number of hydrogen-bond donors (Lipinski definition) is 4. The molecule has 1 aromatic carbocycles. The summed E-state index contributed by atoms with van der Waals surface area (Å²) >= 11 is 0. The minimum Gasteiger partial charge on any atom is -0.491 e. The molecule has 0 radical (unpaired) electrons. The Labute approximate surface area is 211 Å². The van der Waals surface area contributed by atoms with Crippen LogP contribution in [0.25, 0.3) is 27.5 Å². The first kappa shape index (κ1) is 23.1. The summed E-state index contributed by atoms with van der Waals surface area (Å²) in [6.45, 7) is 0.0313. The topological polar surface area (TPSA) is 153 Å². The molecule has 0 saturated carbocycles. The van der Waals surface area contributed by atoms with Crippen LogP contribution in [0.5, 0.6) is 5.75 Å². The summed E-state index contributed by atoms with van der Waals surface area (Å²) in [6, 6.07) is 15.0. The van der Waals surface area contributed by atoms with Crippen molar-refractivity contribution in [2.24, 2.45) is 0 Å². The van der Waals surface area contributed by atoms with Crippen LogP contribution in [0.2, 0.25) is 0 Å². The summed E-state index contributed by atoms with van der Waals surface area (Å²) in [5, 5.41) is 30.1. The third-order valence-electron chi connectivity index (χ3n) is 6.59. The molecule has 1 fully saturated rings. The van der Waals surface area contributed by atoms with Crippen LogP contribution in [-0.2, 0) is 4.74 Å². The molecule has 1 saturated heterocycles. The zero-order chi connectivity index (χ0) is 25.5. The average Bonchev–Trinajstić information content (AvgIpc) is 3.45. The molecule has 1 aliphatic heterocycles. The van der Waals surface area contributed by atoms with Gasteiger partial charge in [0, 0.05) is 36.5 Å². The van der Waals surface area contributed by atoms with Crippen LogP contribution >= 0.6 is 0 Å². The number of nitrogens with two attached hydrogens (primary N) is 1. The molecule has 11 heteroatoms. The van der Waals surface area contributed by atoms with E-state index in [0.717, 1.165) is 27.8 Å². The number of ether oxygens (including phenoxy) is 2. The fourth-order valence-electron chi connectivity index (χ4n) is 4.68. The number of benzene rings is 1. The number of nitrogens with zero attached hydrogens (tertiary/aromatic N) is 5. The van der Waals surface area contributed by atoms with Gasteiger partial charge >= 0.3 is 0 Å². The lowest BCUT2D eigenvalue weighted by Gasteiger charge is -2.16. The standard InChI is InChI=1S/C26H25N7O4/c1-28-21-5-3-15-2-4-16(10-18(15)32-21)36-12-20-23(34)24(35)25(37-20)19-11-17(14-6-8-29-9-7-14)22-26(27)30-13-31-33(19)22/h2-11,13,20,23-25,34-35H,12H2,1H3,(H,28,32)(H2,27,30,31)/t20-,23-,24-,25+/m1/s1. The maximum absolute atomic E-state index is 10.9. The third-order valence-corrected chi connectivity index (χ3v) is 6.59. The van der Waals surface area contributed by atoms with Gasteiger partial charge in [0.05, 0.1) is 11.2 Å². The van der Waals surface area contributed by atoms with Crippen molar-refractivity contribution in [3.8, 4) is 16.9 Å². The molecular weight excluding hydrogens is 474 g/mol. The van der Waals surface area contributed by atoms with Crippen molar-refractivity contribution in [1.29, 1.82) is 0 Å². The summed E-state index contributed by atoms with van der Waals surface area (Å²) < 4.78 is 13.7. The van der Waals surface area contributed by atoms with Crippen LogP contribution in [0, 0.1) is 0 Å². The summed E-state index contributed by atoms with van der Waals surface area (Å²) in [4.78, 5) is 12.7. The number of nitrogen functional groups attached to an aromatic ring is 1. The Kier molecular flexibility index (Phi) is 5.80. The van der Waals surface area contributed by atoms with Crippen molar-refractivity contribution in [1.82, 2.24) is 24.6 Å². The molecule has 6 rings (SSSR count). The Morgan fingerprint density at radius 1 is 1.08 bits per heavy atom. The number of anilines is 2. The predicted octanol–water partition coefficient (Wildman–Crippen LogP) is 2.20. The lowest BCUT2D eigenvalue weighted by Crippen LogP contribution is -2.34. The largest absolute Gasteiger partial charge is 0.491 e. The summed E-state index contributed by atoms with van der Waals surface area (Å²) in [5.41, 5.74) is 9.72. The second-order valence-electron chi connectivity index (χ2n) is 8.81. The number of rotatable bonds is 6. The van der Waals surface area contributed by atoms with Gasteiger partial charge in [-0.05, 0) is 48.0 Å². The van der Waals surface area contributed by atoms with Crippen LogP contribution in [0.4, 0.5) is 11.6 Å². The number of aliphatic hydroxyl groups excluding tert-OH is 2. The minimum absolute atomic E-state index is 0.0313. The minimum atomic E-state index is -1.20. The van der Waals surface area contributed by atoms with Crippen molar-refractivity contribution < 1.29 is 19.7 Å².